The average molecular weight is 383 g/mol. The van der Waals surface area contributed by atoms with E-state index < -0.39 is 0 Å². The summed E-state index contributed by atoms with van der Waals surface area (Å²) in [6.45, 7) is 7.66. The first-order chi connectivity index (χ1) is 13.5. The highest BCUT2D eigenvalue weighted by molar-refractivity contribution is 5.90. The Bertz CT molecular complexity index is 803. The van der Waals surface area contributed by atoms with Gasteiger partial charge in [0.25, 0.3) is 0 Å². The van der Waals surface area contributed by atoms with E-state index in [9.17, 15) is 4.79 Å². The number of anilines is 1. The van der Waals surface area contributed by atoms with Gasteiger partial charge in [-0.1, -0.05) is 18.2 Å². The Morgan fingerprint density at radius 2 is 1.93 bits per heavy atom. The molecule has 7 nitrogen and oxygen atoms in total. The summed E-state index contributed by atoms with van der Waals surface area (Å²) < 4.78 is 5.43. The van der Waals surface area contributed by atoms with Gasteiger partial charge in [0.05, 0.1) is 13.7 Å². The van der Waals surface area contributed by atoms with E-state index in [4.69, 9.17) is 4.74 Å². The molecule has 2 rings (SSSR count). The van der Waals surface area contributed by atoms with Gasteiger partial charge in [-0.05, 0) is 44.0 Å². The van der Waals surface area contributed by atoms with Crippen molar-refractivity contribution >= 4 is 17.7 Å². The number of methoxy groups -OCH3 is 1. The number of aromatic nitrogens is 1. The third kappa shape index (κ3) is 6.90. The number of ether oxygens (including phenoxy) is 1. The van der Waals surface area contributed by atoms with Gasteiger partial charge in [-0.15, -0.1) is 0 Å². The second-order valence-electron chi connectivity index (χ2n) is 6.46. The van der Waals surface area contributed by atoms with Crippen molar-refractivity contribution in [2.45, 2.75) is 33.7 Å². The van der Waals surface area contributed by atoms with Gasteiger partial charge in [0.2, 0.25) is 5.91 Å². The third-order valence-electron chi connectivity index (χ3n) is 4.02. The van der Waals surface area contributed by atoms with Gasteiger partial charge in [-0.3, -0.25) is 4.79 Å². The summed E-state index contributed by atoms with van der Waals surface area (Å²) in [5.74, 6) is 1.94. The number of hydrogen-bond acceptors (Lipinski definition) is 4. The van der Waals surface area contributed by atoms with Gasteiger partial charge >= 0.3 is 0 Å². The topological polar surface area (TPSA) is 87.6 Å². The van der Waals surface area contributed by atoms with E-state index in [0.29, 0.717) is 31.3 Å². The largest absolute Gasteiger partial charge is 0.496 e. The van der Waals surface area contributed by atoms with Crippen LogP contribution in [0.5, 0.6) is 5.75 Å². The first-order valence-electron chi connectivity index (χ1n) is 9.40. The number of rotatable bonds is 8. The Balaban J connectivity index is 1.87. The molecule has 1 amide bonds. The van der Waals surface area contributed by atoms with Crippen LogP contribution in [0, 0.1) is 13.8 Å². The van der Waals surface area contributed by atoms with Gasteiger partial charge < -0.3 is 20.7 Å². The van der Waals surface area contributed by atoms with Crippen molar-refractivity contribution in [1.29, 1.82) is 0 Å². The first kappa shape index (κ1) is 21.2. The van der Waals surface area contributed by atoms with Crippen molar-refractivity contribution < 1.29 is 9.53 Å². The number of aryl methyl sites for hydroxylation is 2. The molecule has 0 aliphatic heterocycles. The van der Waals surface area contributed by atoms with E-state index in [1.807, 2.05) is 45.0 Å². The standard InChI is InChI=1S/C21H29N5O2/c1-5-22-21(25-14-17-8-6-15(2)12-18(17)28-4)23-11-10-20(27)26-19-9-7-16(3)13-24-19/h6-9,12-13H,5,10-11,14H2,1-4H3,(H2,22,23,25)(H,24,26,27). The number of pyridine rings is 1. The lowest BCUT2D eigenvalue weighted by Crippen LogP contribution is -2.38. The first-order valence-corrected chi connectivity index (χ1v) is 9.40. The minimum atomic E-state index is -0.0973. The fraction of sp³-hybridized carbons (Fsp3) is 0.381. The number of carbonyl (C=O) groups is 1. The maximum Gasteiger partial charge on any atom is 0.227 e. The van der Waals surface area contributed by atoms with Crippen molar-refractivity contribution in [2.24, 2.45) is 4.99 Å². The Morgan fingerprint density at radius 3 is 2.61 bits per heavy atom. The maximum absolute atomic E-state index is 12.1. The van der Waals surface area contributed by atoms with Crippen molar-refractivity contribution in [3.8, 4) is 5.75 Å². The fourth-order valence-electron chi connectivity index (χ4n) is 2.53. The second-order valence-corrected chi connectivity index (χ2v) is 6.46. The normalized spacial score (nSPS) is 11.1. The zero-order valence-corrected chi connectivity index (χ0v) is 17.0. The molecule has 0 saturated carbocycles. The quantitative estimate of drug-likeness (QED) is 0.482. The minimum Gasteiger partial charge on any atom is -0.496 e. The molecule has 0 fully saturated rings. The monoisotopic (exact) mass is 383 g/mol. The lowest BCUT2D eigenvalue weighted by molar-refractivity contribution is -0.116. The number of carbonyl (C=O) groups excluding carboxylic acids is 1. The van der Waals surface area contributed by atoms with Crippen LogP contribution < -0.4 is 20.7 Å². The van der Waals surface area contributed by atoms with E-state index in [1.54, 1.807) is 19.4 Å². The highest BCUT2D eigenvalue weighted by Crippen LogP contribution is 2.20. The van der Waals surface area contributed by atoms with Gasteiger partial charge in [-0.25, -0.2) is 9.98 Å². The van der Waals surface area contributed by atoms with Crippen molar-refractivity contribution in [1.82, 2.24) is 15.6 Å². The predicted molar refractivity (Wildman–Crippen MR) is 113 cm³/mol. The van der Waals surface area contributed by atoms with Gasteiger partial charge in [0.1, 0.15) is 11.6 Å². The van der Waals surface area contributed by atoms with Crippen LogP contribution >= 0.6 is 0 Å². The molecule has 7 heteroatoms. The Hall–Kier alpha value is -3.09. The van der Waals surface area contributed by atoms with Crippen molar-refractivity contribution in [3.63, 3.8) is 0 Å². The summed E-state index contributed by atoms with van der Waals surface area (Å²) in [6.07, 6.45) is 2.04. The molecule has 1 aromatic carbocycles. The summed E-state index contributed by atoms with van der Waals surface area (Å²) >= 11 is 0. The third-order valence-corrected chi connectivity index (χ3v) is 4.02. The molecule has 1 heterocycles. The molecule has 150 valence electrons. The number of amides is 1. The molecule has 0 aliphatic carbocycles. The summed E-state index contributed by atoms with van der Waals surface area (Å²) in [4.78, 5) is 20.8. The predicted octanol–water partition coefficient (Wildman–Crippen LogP) is 2.79. The average Bonchev–Trinajstić information content (AvgIpc) is 2.68. The second kappa shape index (κ2) is 10.9. The zero-order chi connectivity index (χ0) is 20.4. The van der Waals surface area contributed by atoms with Crippen LogP contribution in [0.3, 0.4) is 0 Å². The number of benzene rings is 1. The van der Waals surface area contributed by atoms with Gasteiger partial charge in [0, 0.05) is 31.3 Å². The Morgan fingerprint density at radius 1 is 1.14 bits per heavy atom. The molecule has 0 aliphatic rings. The molecular formula is C21H29N5O2. The van der Waals surface area contributed by atoms with E-state index in [1.165, 1.54) is 0 Å². The van der Waals surface area contributed by atoms with E-state index in [2.05, 4.69) is 25.9 Å². The molecule has 0 bridgehead atoms. The van der Waals surface area contributed by atoms with Crippen LogP contribution in [0.4, 0.5) is 5.82 Å². The molecule has 0 unspecified atom stereocenters. The fourth-order valence-corrected chi connectivity index (χ4v) is 2.53. The molecule has 1 aromatic heterocycles. The number of guanidine groups is 1. The zero-order valence-electron chi connectivity index (χ0n) is 17.0. The number of aliphatic imine (C=N–C) groups is 1. The number of hydrogen-bond donors (Lipinski definition) is 3. The SMILES string of the molecule is CCNC(=NCc1ccc(C)cc1OC)NCCC(=O)Nc1ccc(C)cn1. The van der Waals surface area contributed by atoms with Crippen LogP contribution in [-0.2, 0) is 11.3 Å². The number of nitrogens with one attached hydrogen (secondary N) is 3. The molecular weight excluding hydrogens is 354 g/mol. The highest BCUT2D eigenvalue weighted by Gasteiger charge is 2.06. The van der Waals surface area contributed by atoms with Crippen LogP contribution in [0.1, 0.15) is 30.0 Å². The summed E-state index contributed by atoms with van der Waals surface area (Å²) in [5.41, 5.74) is 3.20. The Kier molecular flexibility index (Phi) is 8.27. The van der Waals surface area contributed by atoms with Crippen molar-refractivity contribution in [2.75, 3.05) is 25.5 Å². The molecule has 0 spiro atoms. The van der Waals surface area contributed by atoms with Crippen LogP contribution in [0.15, 0.2) is 41.5 Å². The lowest BCUT2D eigenvalue weighted by Gasteiger charge is -2.12. The van der Waals surface area contributed by atoms with E-state index in [-0.39, 0.29) is 5.91 Å². The summed E-state index contributed by atoms with van der Waals surface area (Å²) in [5, 5.41) is 9.15. The maximum atomic E-state index is 12.1. The molecule has 0 radical (unpaired) electrons. The van der Waals surface area contributed by atoms with Gasteiger partial charge in [-0.2, -0.15) is 0 Å². The Labute approximate surface area is 166 Å². The van der Waals surface area contributed by atoms with Crippen LogP contribution in [0.2, 0.25) is 0 Å². The smallest absolute Gasteiger partial charge is 0.227 e. The molecule has 2 aromatic rings. The summed E-state index contributed by atoms with van der Waals surface area (Å²) in [7, 11) is 1.66. The van der Waals surface area contributed by atoms with Gasteiger partial charge in [0.15, 0.2) is 5.96 Å². The molecule has 0 atom stereocenters. The molecule has 28 heavy (non-hydrogen) atoms. The van der Waals surface area contributed by atoms with E-state index >= 15 is 0 Å². The molecule has 0 saturated heterocycles. The van der Waals surface area contributed by atoms with Crippen LogP contribution in [-0.4, -0.2) is 37.1 Å². The van der Waals surface area contributed by atoms with Crippen molar-refractivity contribution in [3.05, 3.63) is 53.2 Å². The number of nitrogens with zero attached hydrogens (tertiary/aromatic N) is 2. The molecule has 3 N–H and O–H groups in total. The van der Waals surface area contributed by atoms with Crippen LogP contribution in [0.25, 0.3) is 0 Å². The minimum absolute atomic E-state index is 0.0973. The van der Waals surface area contributed by atoms with E-state index in [0.717, 1.165) is 29.0 Å². The lowest BCUT2D eigenvalue weighted by atomic mass is 10.1. The summed E-state index contributed by atoms with van der Waals surface area (Å²) in [6, 6.07) is 9.76. The highest BCUT2D eigenvalue weighted by atomic mass is 16.5.